The molecule has 0 aliphatic heterocycles. The molecule has 17 heavy (non-hydrogen) atoms. The van der Waals surface area contributed by atoms with Crippen molar-refractivity contribution < 1.29 is 17.2 Å². The Morgan fingerprint density at radius 2 is 2.12 bits per heavy atom. The molecule has 0 atom stereocenters. The van der Waals surface area contributed by atoms with Gasteiger partial charge in [-0.3, -0.25) is 4.55 Å². The predicted octanol–water partition coefficient (Wildman–Crippen LogP) is 2.85. The van der Waals surface area contributed by atoms with Crippen molar-refractivity contribution in [3.05, 3.63) is 48.6 Å². The Kier molecular flexibility index (Phi) is 4.48. The molecule has 0 aliphatic carbocycles. The zero-order valence-corrected chi connectivity index (χ0v) is 10.3. The van der Waals surface area contributed by atoms with Crippen LogP contribution < -0.4 is 4.18 Å². The van der Waals surface area contributed by atoms with Crippen molar-refractivity contribution in [1.29, 1.82) is 0 Å². The fourth-order valence-corrected chi connectivity index (χ4v) is 1.83. The second-order valence-corrected chi connectivity index (χ2v) is 4.34. The number of rotatable bonds is 5. The van der Waals surface area contributed by atoms with Crippen LogP contribution in [0.3, 0.4) is 0 Å². The average molecular weight is 254 g/mol. The van der Waals surface area contributed by atoms with Crippen LogP contribution in [0.5, 0.6) is 5.75 Å². The van der Waals surface area contributed by atoms with E-state index in [2.05, 4.69) is 10.8 Å². The first-order chi connectivity index (χ1) is 7.98. The van der Waals surface area contributed by atoms with Crippen LogP contribution in [-0.2, 0) is 10.4 Å². The highest BCUT2D eigenvalue weighted by atomic mass is 32.3. The molecule has 0 fully saturated rings. The molecular weight excluding hydrogens is 240 g/mol. The van der Waals surface area contributed by atoms with Crippen molar-refractivity contribution in [2.75, 3.05) is 0 Å². The van der Waals surface area contributed by atoms with Gasteiger partial charge in [0.15, 0.2) is 5.75 Å². The van der Waals surface area contributed by atoms with Gasteiger partial charge >= 0.3 is 10.4 Å². The minimum atomic E-state index is -4.51. The third-order valence-corrected chi connectivity index (χ3v) is 2.53. The summed E-state index contributed by atoms with van der Waals surface area (Å²) in [5.41, 5.74) is 1.49. The summed E-state index contributed by atoms with van der Waals surface area (Å²) in [6, 6.07) is 6.60. The summed E-state index contributed by atoms with van der Waals surface area (Å²) in [5, 5.41) is 0. The Bertz CT molecular complexity index is 529. The number of allylic oxidation sites excluding steroid dienone is 3. The molecule has 0 aromatic heterocycles. The van der Waals surface area contributed by atoms with Crippen LogP contribution in [0, 0.1) is 0 Å². The van der Waals surface area contributed by atoms with Gasteiger partial charge < -0.3 is 4.18 Å². The average Bonchev–Trinajstić information content (AvgIpc) is 2.25. The minimum absolute atomic E-state index is 0.102. The molecule has 92 valence electrons. The second-order valence-electron chi connectivity index (χ2n) is 3.31. The van der Waals surface area contributed by atoms with Crippen LogP contribution in [0.25, 0.3) is 5.57 Å². The van der Waals surface area contributed by atoms with Gasteiger partial charge in [0.05, 0.1) is 0 Å². The normalized spacial score (nSPS) is 12.2. The molecule has 4 nitrogen and oxygen atoms in total. The molecule has 0 unspecified atom stereocenters. The Morgan fingerprint density at radius 1 is 1.47 bits per heavy atom. The lowest BCUT2D eigenvalue weighted by atomic mass is 10.0. The lowest BCUT2D eigenvalue weighted by molar-refractivity contribution is 0.386. The van der Waals surface area contributed by atoms with E-state index in [-0.39, 0.29) is 5.75 Å². The van der Waals surface area contributed by atoms with E-state index < -0.39 is 10.4 Å². The monoisotopic (exact) mass is 254 g/mol. The Hall–Kier alpha value is -1.59. The Labute approximate surface area is 101 Å². The van der Waals surface area contributed by atoms with E-state index in [1.807, 2.05) is 13.0 Å². The van der Waals surface area contributed by atoms with Crippen molar-refractivity contribution in [2.45, 2.75) is 13.3 Å². The second kappa shape index (κ2) is 5.65. The molecule has 0 radical (unpaired) electrons. The maximum absolute atomic E-state index is 10.7. The fraction of sp³-hybridized carbons (Fsp3) is 0.167. The molecule has 0 spiro atoms. The van der Waals surface area contributed by atoms with Crippen molar-refractivity contribution in [3.8, 4) is 5.75 Å². The summed E-state index contributed by atoms with van der Waals surface area (Å²) in [6.07, 6.45) is 4.13. The standard InChI is InChI=1S/C12H14O4S/c1-3-7-10(4-2)11-8-5-6-9-12(11)16-17(13,14)15/h3-6,8-9H,1,7H2,2H3,(H,13,14,15)/b10-4-. The van der Waals surface area contributed by atoms with E-state index in [9.17, 15) is 8.42 Å². The summed E-state index contributed by atoms with van der Waals surface area (Å²) in [4.78, 5) is 0. The minimum Gasteiger partial charge on any atom is -0.361 e. The molecule has 1 aromatic carbocycles. The topological polar surface area (TPSA) is 63.6 Å². The lowest BCUT2D eigenvalue weighted by Crippen LogP contribution is -2.08. The molecule has 0 aliphatic rings. The summed E-state index contributed by atoms with van der Waals surface area (Å²) < 4.78 is 34.6. The van der Waals surface area contributed by atoms with Crippen LogP contribution in [-0.4, -0.2) is 13.0 Å². The maximum Gasteiger partial charge on any atom is 0.446 e. The lowest BCUT2D eigenvalue weighted by Gasteiger charge is -2.10. The number of hydrogen-bond acceptors (Lipinski definition) is 3. The first kappa shape index (κ1) is 13.5. The zero-order valence-electron chi connectivity index (χ0n) is 9.46. The molecule has 1 rings (SSSR count). The third kappa shape index (κ3) is 4.05. The molecular formula is C12H14O4S. The molecule has 0 amide bonds. The highest BCUT2D eigenvalue weighted by molar-refractivity contribution is 7.81. The van der Waals surface area contributed by atoms with Gasteiger partial charge in [0.1, 0.15) is 0 Å². The highest BCUT2D eigenvalue weighted by Crippen LogP contribution is 2.29. The molecule has 5 heteroatoms. The number of hydrogen-bond donors (Lipinski definition) is 1. The first-order valence-electron chi connectivity index (χ1n) is 5.00. The summed E-state index contributed by atoms with van der Waals surface area (Å²) >= 11 is 0. The largest absolute Gasteiger partial charge is 0.446 e. The SMILES string of the molecule is C=CC/C(=C/C)c1ccccc1OS(=O)(=O)O. The van der Waals surface area contributed by atoms with Crippen LogP contribution in [0.15, 0.2) is 43.0 Å². The van der Waals surface area contributed by atoms with Gasteiger partial charge in [-0.1, -0.05) is 30.4 Å². The molecule has 1 N–H and O–H groups in total. The van der Waals surface area contributed by atoms with E-state index in [0.29, 0.717) is 12.0 Å². The van der Waals surface area contributed by atoms with Gasteiger partial charge in [0.2, 0.25) is 0 Å². The molecule has 0 heterocycles. The van der Waals surface area contributed by atoms with Crippen molar-refractivity contribution in [3.63, 3.8) is 0 Å². The summed E-state index contributed by atoms with van der Waals surface area (Å²) in [5.74, 6) is 0.102. The van der Waals surface area contributed by atoms with Crippen LogP contribution >= 0.6 is 0 Å². The van der Waals surface area contributed by atoms with E-state index >= 15 is 0 Å². The number of benzene rings is 1. The van der Waals surface area contributed by atoms with E-state index in [4.69, 9.17) is 4.55 Å². The van der Waals surface area contributed by atoms with Crippen molar-refractivity contribution in [2.24, 2.45) is 0 Å². The van der Waals surface area contributed by atoms with Crippen molar-refractivity contribution >= 4 is 16.0 Å². The van der Waals surface area contributed by atoms with Gasteiger partial charge in [0.25, 0.3) is 0 Å². The highest BCUT2D eigenvalue weighted by Gasteiger charge is 2.12. The third-order valence-electron chi connectivity index (χ3n) is 2.14. The first-order valence-corrected chi connectivity index (χ1v) is 6.37. The maximum atomic E-state index is 10.7. The van der Waals surface area contributed by atoms with Crippen LogP contribution in [0.2, 0.25) is 0 Å². The van der Waals surface area contributed by atoms with Gasteiger partial charge in [-0.25, -0.2) is 0 Å². The Balaban J connectivity index is 3.20. The van der Waals surface area contributed by atoms with Crippen LogP contribution in [0.1, 0.15) is 18.9 Å². The van der Waals surface area contributed by atoms with Gasteiger partial charge in [-0.05, 0) is 25.0 Å². The molecule has 1 aromatic rings. The van der Waals surface area contributed by atoms with Gasteiger partial charge in [-0.2, -0.15) is 8.42 Å². The molecule has 0 saturated heterocycles. The summed E-state index contributed by atoms with van der Waals surface area (Å²) in [7, 11) is -4.51. The predicted molar refractivity (Wildman–Crippen MR) is 67.1 cm³/mol. The zero-order chi connectivity index (χ0) is 12.9. The fourth-order valence-electron chi connectivity index (χ4n) is 1.46. The van der Waals surface area contributed by atoms with Crippen LogP contribution in [0.4, 0.5) is 0 Å². The smallest absolute Gasteiger partial charge is 0.361 e. The number of para-hydroxylation sites is 1. The summed E-state index contributed by atoms with van der Waals surface area (Å²) in [6.45, 7) is 5.47. The molecule has 0 bridgehead atoms. The Morgan fingerprint density at radius 3 is 2.65 bits per heavy atom. The quantitative estimate of drug-likeness (QED) is 0.648. The van der Waals surface area contributed by atoms with E-state index in [1.54, 1.807) is 24.3 Å². The van der Waals surface area contributed by atoms with E-state index in [0.717, 1.165) is 5.57 Å². The van der Waals surface area contributed by atoms with Gasteiger partial charge in [-0.15, -0.1) is 6.58 Å². The van der Waals surface area contributed by atoms with Gasteiger partial charge in [0, 0.05) is 5.56 Å². The van der Waals surface area contributed by atoms with E-state index in [1.165, 1.54) is 6.07 Å². The molecule has 0 saturated carbocycles. The van der Waals surface area contributed by atoms with Crippen molar-refractivity contribution in [1.82, 2.24) is 0 Å².